The van der Waals surface area contributed by atoms with E-state index in [0.717, 1.165) is 23.3 Å². The van der Waals surface area contributed by atoms with Crippen LogP contribution < -0.4 is 0 Å². The highest BCUT2D eigenvalue weighted by Gasteiger charge is 2.25. The molecule has 27 heavy (non-hydrogen) atoms. The van der Waals surface area contributed by atoms with E-state index in [9.17, 15) is 14.7 Å². The zero-order valence-corrected chi connectivity index (χ0v) is 16.3. The third-order valence-electron chi connectivity index (χ3n) is 4.71. The van der Waals surface area contributed by atoms with E-state index in [-0.39, 0.29) is 16.6 Å². The van der Waals surface area contributed by atoms with Crippen molar-refractivity contribution in [3.05, 3.63) is 88.5 Å². The Morgan fingerprint density at radius 3 is 2.56 bits per heavy atom. The highest BCUT2D eigenvalue weighted by atomic mass is 32.2. The average Bonchev–Trinajstić information content (AvgIpc) is 2.68. The Hall–Kier alpha value is -2.59. The van der Waals surface area contributed by atoms with Crippen LogP contribution in [0.25, 0.3) is 0 Å². The topological polar surface area (TPSA) is 54.4 Å². The van der Waals surface area contributed by atoms with E-state index in [2.05, 4.69) is 37.3 Å². The van der Waals surface area contributed by atoms with Gasteiger partial charge >= 0.3 is 5.97 Å². The van der Waals surface area contributed by atoms with Crippen LogP contribution in [0.4, 0.5) is 0 Å². The van der Waals surface area contributed by atoms with Gasteiger partial charge in [-0.15, -0.1) is 11.8 Å². The molecule has 0 aromatic heterocycles. The van der Waals surface area contributed by atoms with Crippen LogP contribution in [0.5, 0.6) is 0 Å². The lowest BCUT2D eigenvalue weighted by atomic mass is 9.92. The Kier molecular flexibility index (Phi) is 5.97. The standard InChI is InChI=1S/C23H22O3S/c1-3-16-9-12-18(13-10-16)27-21-7-5-4-6-19(21)22(24)20-14-17(23(25)26)11-8-15(20)2/h4-6,8-14,21H,3,7H2,1-2H3,(H,25,26). The minimum atomic E-state index is -1.02. The third-order valence-corrected chi connectivity index (χ3v) is 5.99. The molecule has 0 bridgehead atoms. The van der Waals surface area contributed by atoms with Crippen molar-refractivity contribution in [2.24, 2.45) is 0 Å². The number of ketones is 1. The Labute approximate surface area is 163 Å². The summed E-state index contributed by atoms with van der Waals surface area (Å²) in [6.07, 6.45) is 7.60. The second kappa shape index (κ2) is 8.40. The first-order valence-electron chi connectivity index (χ1n) is 9.00. The summed E-state index contributed by atoms with van der Waals surface area (Å²) < 4.78 is 0. The fraction of sp³-hybridized carbons (Fsp3) is 0.217. The maximum absolute atomic E-state index is 13.2. The Balaban J connectivity index is 1.87. The summed E-state index contributed by atoms with van der Waals surface area (Å²) >= 11 is 1.67. The lowest BCUT2D eigenvalue weighted by Gasteiger charge is -2.21. The van der Waals surface area contributed by atoms with Crippen molar-refractivity contribution in [1.82, 2.24) is 0 Å². The Morgan fingerprint density at radius 2 is 1.89 bits per heavy atom. The summed E-state index contributed by atoms with van der Waals surface area (Å²) in [6.45, 7) is 3.96. The number of aromatic carboxylic acids is 1. The molecule has 2 aromatic rings. The summed E-state index contributed by atoms with van der Waals surface area (Å²) in [5.41, 5.74) is 3.39. The first-order chi connectivity index (χ1) is 13.0. The highest BCUT2D eigenvalue weighted by molar-refractivity contribution is 8.00. The van der Waals surface area contributed by atoms with Crippen molar-refractivity contribution in [3.8, 4) is 0 Å². The molecule has 1 aliphatic carbocycles. The van der Waals surface area contributed by atoms with Gasteiger partial charge in [-0.2, -0.15) is 0 Å². The van der Waals surface area contributed by atoms with Gasteiger partial charge in [-0.3, -0.25) is 4.79 Å². The number of rotatable bonds is 6. The predicted octanol–water partition coefficient (Wildman–Crippen LogP) is 5.49. The number of hydrogen-bond acceptors (Lipinski definition) is 3. The second-order valence-electron chi connectivity index (χ2n) is 6.55. The average molecular weight is 378 g/mol. The van der Waals surface area contributed by atoms with Crippen LogP contribution in [0, 0.1) is 6.92 Å². The predicted molar refractivity (Wildman–Crippen MR) is 110 cm³/mol. The molecule has 0 saturated carbocycles. The number of aryl methyl sites for hydroxylation is 2. The molecule has 0 saturated heterocycles. The van der Waals surface area contributed by atoms with Gasteiger partial charge in [-0.25, -0.2) is 4.79 Å². The molecule has 4 heteroatoms. The number of benzene rings is 2. The molecule has 1 unspecified atom stereocenters. The third kappa shape index (κ3) is 4.40. The van der Waals surface area contributed by atoms with E-state index in [0.29, 0.717) is 11.1 Å². The molecule has 1 atom stereocenters. The van der Waals surface area contributed by atoms with Crippen LogP contribution in [0.15, 0.2) is 71.2 Å². The summed E-state index contributed by atoms with van der Waals surface area (Å²) in [4.78, 5) is 25.6. The van der Waals surface area contributed by atoms with Crippen LogP contribution in [0.2, 0.25) is 0 Å². The van der Waals surface area contributed by atoms with Crippen molar-refractivity contribution in [2.75, 3.05) is 0 Å². The molecule has 0 amide bonds. The molecule has 1 N–H and O–H groups in total. The van der Waals surface area contributed by atoms with Crippen molar-refractivity contribution in [3.63, 3.8) is 0 Å². The number of thioether (sulfide) groups is 1. The quantitative estimate of drug-likeness (QED) is 0.676. The number of allylic oxidation sites excluding steroid dienone is 3. The fourth-order valence-electron chi connectivity index (χ4n) is 3.06. The maximum Gasteiger partial charge on any atom is 0.335 e. The zero-order chi connectivity index (χ0) is 19.4. The van der Waals surface area contributed by atoms with E-state index >= 15 is 0 Å². The fourth-order valence-corrected chi connectivity index (χ4v) is 4.21. The van der Waals surface area contributed by atoms with Crippen molar-refractivity contribution in [2.45, 2.75) is 36.8 Å². The van der Waals surface area contributed by atoms with Gasteiger partial charge in [0.05, 0.1) is 5.56 Å². The molecule has 138 valence electrons. The maximum atomic E-state index is 13.2. The van der Waals surface area contributed by atoms with Crippen LogP contribution >= 0.6 is 11.8 Å². The van der Waals surface area contributed by atoms with Gasteiger partial charge in [-0.1, -0.05) is 43.4 Å². The first-order valence-corrected chi connectivity index (χ1v) is 9.88. The van der Waals surface area contributed by atoms with E-state index in [4.69, 9.17) is 0 Å². The van der Waals surface area contributed by atoms with E-state index < -0.39 is 5.97 Å². The first kappa shape index (κ1) is 19.2. The van der Waals surface area contributed by atoms with E-state index in [1.807, 2.05) is 19.1 Å². The Morgan fingerprint density at radius 1 is 1.15 bits per heavy atom. The lowest BCUT2D eigenvalue weighted by Crippen LogP contribution is -2.18. The van der Waals surface area contributed by atoms with Crippen molar-refractivity contribution < 1.29 is 14.7 Å². The van der Waals surface area contributed by atoms with Gasteiger partial charge in [0.1, 0.15) is 0 Å². The monoisotopic (exact) mass is 378 g/mol. The largest absolute Gasteiger partial charge is 0.478 e. The number of Topliss-reactive ketones (excluding diaryl/α,β-unsaturated/α-hetero) is 1. The van der Waals surface area contributed by atoms with Crippen molar-refractivity contribution >= 4 is 23.5 Å². The summed E-state index contributed by atoms with van der Waals surface area (Å²) in [5.74, 6) is -1.12. The normalized spacial score (nSPS) is 16.1. The molecule has 0 radical (unpaired) electrons. The molecule has 3 rings (SSSR count). The summed E-state index contributed by atoms with van der Waals surface area (Å²) in [5, 5.41) is 9.26. The number of carboxylic acids is 1. The van der Waals surface area contributed by atoms with Crippen LogP contribution in [0.1, 0.15) is 45.2 Å². The minimum Gasteiger partial charge on any atom is -0.478 e. The summed E-state index contributed by atoms with van der Waals surface area (Å²) in [6, 6.07) is 13.1. The minimum absolute atomic E-state index is 0.0165. The number of carbonyl (C=O) groups excluding carboxylic acids is 1. The molecule has 2 aromatic carbocycles. The molecule has 0 fully saturated rings. The SMILES string of the molecule is CCc1ccc(SC2CC=CC=C2C(=O)c2cc(C(=O)O)ccc2C)cc1. The molecular weight excluding hydrogens is 356 g/mol. The van der Waals surface area contributed by atoms with E-state index in [1.165, 1.54) is 17.7 Å². The highest BCUT2D eigenvalue weighted by Crippen LogP contribution is 2.34. The molecule has 3 nitrogen and oxygen atoms in total. The molecular formula is C23H22O3S. The van der Waals surface area contributed by atoms with Gasteiger partial charge in [0.2, 0.25) is 0 Å². The van der Waals surface area contributed by atoms with Gasteiger partial charge in [-0.05, 0) is 55.2 Å². The Bertz CT molecular complexity index is 923. The van der Waals surface area contributed by atoms with Gasteiger partial charge in [0.25, 0.3) is 0 Å². The zero-order valence-electron chi connectivity index (χ0n) is 15.4. The van der Waals surface area contributed by atoms with Gasteiger partial charge < -0.3 is 5.11 Å². The molecule has 0 spiro atoms. The number of carbonyl (C=O) groups is 2. The lowest BCUT2D eigenvalue weighted by molar-refractivity contribution is 0.0697. The van der Waals surface area contributed by atoms with Gasteiger partial charge in [0, 0.05) is 21.3 Å². The van der Waals surface area contributed by atoms with E-state index in [1.54, 1.807) is 17.8 Å². The number of carboxylic acid groups (broad SMARTS) is 1. The molecule has 1 aliphatic rings. The smallest absolute Gasteiger partial charge is 0.335 e. The van der Waals surface area contributed by atoms with Crippen molar-refractivity contribution in [1.29, 1.82) is 0 Å². The molecule has 0 heterocycles. The van der Waals surface area contributed by atoms with Crippen LogP contribution in [-0.2, 0) is 6.42 Å². The van der Waals surface area contributed by atoms with Gasteiger partial charge in [0.15, 0.2) is 5.78 Å². The molecule has 0 aliphatic heterocycles. The number of hydrogen-bond donors (Lipinski definition) is 1. The van der Waals surface area contributed by atoms with Crippen LogP contribution in [0.3, 0.4) is 0 Å². The summed E-state index contributed by atoms with van der Waals surface area (Å²) in [7, 11) is 0. The second-order valence-corrected chi connectivity index (χ2v) is 7.83. The van der Waals surface area contributed by atoms with Crippen LogP contribution in [-0.4, -0.2) is 22.1 Å².